The Balaban J connectivity index is 1.18. The van der Waals surface area contributed by atoms with Gasteiger partial charge in [-0.1, -0.05) is 10.3 Å². The number of nitrogens with one attached hydrogen (secondary N) is 3. The number of oxime groups is 1. The summed E-state index contributed by atoms with van der Waals surface area (Å²) in [5, 5.41) is 45.6. The lowest BCUT2D eigenvalue weighted by atomic mass is 9.98. The van der Waals surface area contributed by atoms with Crippen LogP contribution < -0.4 is 27.1 Å². The number of likely N-dealkylation sites (tertiary alicyclic amines) is 1. The Hall–Kier alpha value is -6.12. The van der Waals surface area contributed by atoms with Gasteiger partial charge in [0.05, 0.1) is 11.7 Å². The molecule has 0 unspecified atom stereocenters. The lowest BCUT2D eigenvalue weighted by molar-refractivity contribution is -0.161. The van der Waals surface area contributed by atoms with E-state index in [0.717, 1.165) is 25.2 Å². The monoisotopic (exact) mass is 838 g/mol. The molecule has 5 heterocycles. The van der Waals surface area contributed by atoms with Crippen molar-refractivity contribution in [3.63, 3.8) is 0 Å². The lowest BCUT2D eigenvalue weighted by Gasteiger charge is -2.44. The van der Waals surface area contributed by atoms with E-state index in [1.165, 1.54) is 25.3 Å². The van der Waals surface area contributed by atoms with Crippen molar-refractivity contribution < 1.29 is 61.7 Å². The van der Waals surface area contributed by atoms with Crippen LogP contribution in [0.3, 0.4) is 0 Å². The molecule has 5 rings (SSSR count). The number of amides is 4. The van der Waals surface area contributed by atoms with E-state index in [2.05, 4.69) is 31.2 Å². The standard InChI is InChI=1S/C31H38N10O14S2/c1-13-22(40(50)14(2)24(43)23(13)42)27(46)33-6-8-39-7-5-15(11-39)16-9-19(54-37-16)25(44)34-10-18-21(28(47)41(18)57(51,52)53)36-26(45)20(17-12-56-30(32)35-17)38-55-31(3,4)29(48)49/h9,12,15,18,21,43,50H,5-8,10-11H2,1-4H3,(H2,32,35)(H,33,46)(H,34,44)(H,36,45)(H,48,49)(H,51,52,53)/b38-20-/t15-,18-,21+/m1/s1. The van der Waals surface area contributed by atoms with Gasteiger partial charge in [0.1, 0.15) is 17.4 Å². The number of β-lactam (4-membered cyclic amide) rings is 1. The van der Waals surface area contributed by atoms with E-state index < -0.39 is 81.0 Å². The van der Waals surface area contributed by atoms with Crippen molar-refractivity contribution in [3.8, 4) is 5.75 Å². The molecular weight excluding hydrogens is 801 g/mol. The van der Waals surface area contributed by atoms with Crippen molar-refractivity contribution in [2.45, 2.75) is 57.7 Å². The molecule has 0 radical (unpaired) electrons. The van der Waals surface area contributed by atoms with Crippen molar-refractivity contribution in [3.05, 3.63) is 55.8 Å². The second-order valence-electron chi connectivity index (χ2n) is 13.5. The van der Waals surface area contributed by atoms with Gasteiger partial charge in [-0.15, -0.1) is 11.3 Å². The highest BCUT2D eigenvalue weighted by atomic mass is 32.2. The molecular formula is C31H38N10O14S2. The Bertz CT molecular complexity index is 2320. The minimum absolute atomic E-state index is 0.00301. The smallest absolute Gasteiger partial charge is 0.362 e. The number of carbonyl (C=O) groups excluding carboxylic acids is 4. The first kappa shape index (κ1) is 42.0. The van der Waals surface area contributed by atoms with Gasteiger partial charge in [0.2, 0.25) is 16.8 Å². The molecule has 24 nitrogen and oxygen atoms in total. The highest BCUT2D eigenvalue weighted by molar-refractivity contribution is 7.84. The summed E-state index contributed by atoms with van der Waals surface area (Å²) in [7, 11) is -5.16. The summed E-state index contributed by atoms with van der Waals surface area (Å²) in [6.45, 7) is 5.81. The molecule has 0 aliphatic carbocycles. The molecule has 26 heteroatoms. The number of carboxylic acid groups (broad SMARTS) is 1. The SMILES string of the molecule is Cc1c(C(=O)NCCN2CC[C@@H](c3cc(C(=O)NC[C@@H]4[C@H](NC(=O)/C(=N\OC(C)(C)C(=O)O)c5csc(N)n5)C(=O)N4S(=O)(=O)O)on3)C2)n(O)c(C)c(O)c1=O. The van der Waals surface area contributed by atoms with Crippen LogP contribution in [0.2, 0.25) is 0 Å². The lowest BCUT2D eigenvalue weighted by Crippen LogP contribution is -2.74. The third kappa shape index (κ3) is 8.82. The number of pyridine rings is 1. The van der Waals surface area contributed by atoms with Crippen LogP contribution in [0.1, 0.15) is 69.9 Å². The maximum Gasteiger partial charge on any atom is 0.362 e. The van der Waals surface area contributed by atoms with Crippen molar-refractivity contribution >= 4 is 62.1 Å². The Morgan fingerprint density at radius 2 is 1.88 bits per heavy atom. The van der Waals surface area contributed by atoms with Crippen LogP contribution in [0.5, 0.6) is 5.75 Å². The summed E-state index contributed by atoms with van der Waals surface area (Å²) in [4.78, 5) is 86.6. The number of thiazole rings is 1. The normalized spacial score (nSPS) is 18.9. The molecule has 0 spiro atoms. The number of carboxylic acids is 1. The molecule has 3 aromatic heterocycles. The van der Waals surface area contributed by atoms with E-state index >= 15 is 0 Å². The van der Waals surface area contributed by atoms with Gasteiger partial charge < -0.3 is 51.4 Å². The van der Waals surface area contributed by atoms with Gasteiger partial charge in [-0.3, -0.25) is 28.5 Å². The minimum atomic E-state index is -5.16. The first-order chi connectivity index (χ1) is 26.6. The highest BCUT2D eigenvalue weighted by Crippen LogP contribution is 2.28. The van der Waals surface area contributed by atoms with Crippen molar-refractivity contribution in [2.24, 2.45) is 5.16 Å². The second-order valence-corrected chi connectivity index (χ2v) is 15.6. The van der Waals surface area contributed by atoms with E-state index in [0.29, 0.717) is 36.5 Å². The Morgan fingerprint density at radius 1 is 1.18 bits per heavy atom. The predicted octanol–water partition coefficient (Wildman–Crippen LogP) is -1.83. The van der Waals surface area contributed by atoms with Crippen molar-refractivity contribution in [1.82, 2.24) is 40.0 Å². The number of hydrogen-bond acceptors (Lipinski definition) is 18. The fourth-order valence-electron chi connectivity index (χ4n) is 5.88. The summed E-state index contributed by atoms with van der Waals surface area (Å²) in [5.41, 5.74) is 2.01. The summed E-state index contributed by atoms with van der Waals surface area (Å²) in [6, 6.07) is -1.82. The number of anilines is 1. The minimum Gasteiger partial charge on any atom is -0.503 e. The number of nitrogen functional groups attached to an aromatic ring is 1. The zero-order chi connectivity index (χ0) is 42.1. The zero-order valence-electron chi connectivity index (χ0n) is 30.6. The number of carbonyl (C=O) groups is 5. The quantitative estimate of drug-likeness (QED) is 0.0274. The topological polar surface area (TPSA) is 352 Å². The zero-order valence-corrected chi connectivity index (χ0v) is 32.2. The van der Waals surface area contributed by atoms with Gasteiger partial charge in [0.15, 0.2) is 22.3 Å². The molecule has 4 amide bonds. The maximum absolute atomic E-state index is 13.3. The maximum atomic E-state index is 13.3. The molecule has 3 atom stereocenters. The molecule has 2 aliphatic heterocycles. The third-order valence-corrected chi connectivity index (χ3v) is 10.8. The molecule has 2 aliphatic rings. The third-order valence-electron chi connectivity index (χ3n) is 9.19. The molecule has 3 aromatic rings. The van der Waals surface area contributed by atoms with Crippen molar-refractivity contribution in [1.29, 1.82) is 0 Å². The van der Waals surface area contributed by atoms with Gasteiger partial charge in [0.25, 0.3) is 23.6 Å². The number of aromatic nitrogens is 3. The highest BCUT2D eigenvalue weighted by Gasteiger charge is 2.54. The molecule has 2 saturated heterocycles. The Morgan fingerprint density at radius 3 is 2.51 bits per heavy atom. The number of aliphatic carboxylic acids is 1. The molecule has 0 aromatic carbocycles. The Kier molecular flexibility index (Phi) is 11.9. The van der Waals surface area contributed by atoms with Crippen LogP contribution >= 0.6 is 11.3 Å². The summed E-state index contributed by atoms with van der Waals surface area (Å²) >= 11 is 0.904. The van der Waals surface area contributed by atoms with Crippen LogP contribution in [-0.2, 0) is 29.5 Å². The van der Waals surface area contributed by atoms with E-state index in [4.69, 9.17) is 15.1 Å². The van der Waals surface area contributed by atoms with E-state index in [1.54, 1.807) is 0 Å². The number of nitrogens with zero attached hydrogens (tertiary/aromatic N) is 6. The van der Waals surface area contributed by atoms with Gasteiger partial charge in [-0.05, 0) is 40.7 Å². The first-order valence-corrected chi connectivity index (χ1v) is 19.1. The van der Waals surface area contributed by atoms with Gasteiger partial charge in [-0.25, -0.2) is 14.1 Å². The Labute approximate surface area is 326 Å². The van der Waals surface area contributed by atoms with Crippen LogP contribution in [0.4, 0.5) is 5.13 Å². The fraction of sp³-hybridized carbons (Fsp3) is 0.452. The number of hydrogen-bond donors (Lipinski definition) is 8. The fourth-order valence-corrected chi connectivity index (χ4v) is 7.30. The van der Waals surface area contributed by atoms with Crippen molar-refractivity contribution in [2.75, 3.05) is 38.5 Å². The molecule has 308 valence electrons. The van der Waals surface area contributed by atoms with E-state index in [9.17, 15) is 57.2 Å². The largest absolute Gasteiger partial charge is 0.503 e. The average Bonchev–Trinajstić information content (AvgIpc) is 3.91. The first-order valence-electron chi connectivity index (χ1n) is 16.8. The summed E-state index contributed by atoms with van der Waals surface area (Å²) < 4.78 is 39.5. The molecule has 9 N–H and O–H groups in total. The van der Waals surface area contributed by atoms with E-state index in [-0.39, 0.29) is 50.3 Å². The molecule has 0 saturated carbocycles. The van der Waals surface area contributed by atoms with Crippen LogP contribution in [-0.4, -0.2) is 138 Å². The van der Waals surface area contributed by atoms with Crippen LogP contribution in [0, 0.1) is 13.8 Å². The van der Waals surface area contributed by atoms with Gasteiger partial charge in [-0.2, -0.15) is 13.1 Å². The summed E-state index contributed by atoms with van der Waals surface area (Å²) in [5.74, 6) is -6.57. The molecule has 57 heavy (non-hydrogen) atoms. The van der Waals surface area contributed by atoms with Gasteiger partial charge >= 0.3 is 16.3 Å². The number of aromatic hydroxyl groups is 1. The van der Waals surface area contributed by atoms with Gasteiger partial charge in [0, 0.05) is 49.1 Å². The van der Waals surface area contributed by atoms with E-state index in [1.807, 2.05) is 4.90 Å². The summed E-state index contributed by atoms with van der Waals surface area (Å²) in [6.07, 6.45) is 0.598. The number of rotatable bonds is 15. The second kappa shape index (κ2) is 16.2. The average molecular weight is 839 g/mol. The number of nitrogens with two attached hydrogens (primary N) is 1. The molecule has 0 bridgehead atoms. The molecule has 2 fully saturated rings. The van der Waals surface area contributed by atoms with Crippen LogP contribution in [0.15, 0.2) is 25.9 Å². The van der Waals surface area contributed by atoms with Crippen LogP contribution in [0.25, 0.3) is 0 Å². The predicted molar refractivity (Wildman–Crippen MR) is 194 cm³/mol.